The topological polar surface area (TPSA) is 87.6 Å². The summed E-state index contributed by atoms with van der Waals surface area (Å²) in [6.45, 7) is 0.572. The van der Waals surface area contributed by atoms with E-state index in [4.69, 9.17) is 5.73 Å². The van der Waals surface area contributed by atoms with Crippen molar-refractivity contribution >= 4 is 21.5 Å². The van der Waals surface area contributed by atoms with E-state index in [-0.39, 0.29) is 11.4 Å². The summed E-state index contributed by atoms with van der Waals surface area (Å²) < 4.78 is 14.7. The van der Waals surface area contributed by atoms with Gasteiger partial charge in [0.25, 0.3) is 5.56 Å². The first kappa shape index (κ1) is 19.2. The lowest BCUT2D eigenvalue weighted by molar-refractivity contribution is 0.631. The van der Waals surface area contributed by atoms with Gasteiger partial charge in [0, 0.05) is 29.1 Å². The highest BCUT2D eigenvalue weighted by Crippen LogP contribution is 2.36. The van der Waals surface area contributed by atoms with Crippen molar-refractivity contribution in [2.75, 3.05) is 6.54 Å². The summed E-state index contributed by atoms with van der Waals surface area (Å²) >= 11 is 0. The molecule has 0 aliphatic rings. The van der Waals surface area contributed by atoms with E-state index in [2.05, 4.69) is 15.2 Å². The Bertz CT molecular complexity index is 1450. The molecular weight excluding hydrogens is 391 g/mol. The maximum atomic E-state index is 14.7. The number of benzene rings is 3. The Labute approximate surface area is 177 Å². The molecule has 4 N–H and O–H groups in total. The summed E-state index contributed by atoms with van der Waals surface area (Å²) in [7, 11) is 0. The average molecular weight is 412 g/mol. The minimum Gasteiger partial charge on any atom is -0.330 e. The van der Waals surface area contributed by atoms with E-state index < -0.39 is 0 Å². The van der Waals surface area contributed by atoms with Crippen LogP contribution in [0.25, 0.3) is 43.8 Å². The molecule has 5 nitrogen and oxygen atoms in total. The zero-order valence-corrected chi connectivity index (χ0v) is 16.8. The zero-order valence-electron chi connectivity index (χ0n) is 16.8. The normalized spacial score (nSPS) is 11.4. The molecule has 3 aromatic carbocycles. The van der Waals surface area contributed by atoms with E-state index in [1.165, 1.54) is 6.07 Å². The van der Waals surface area contributed by atoms with Crippen LogP contribution in [0.15, 0.2) is 71.9 Å². The molecule has 0 atom stereocenters. The van der Waals surface area contributed by atoms with Crippen molar-refractivity contribution < 1.29 is 4.39 Å². The largest absolute Gasteiger partial charge is 0.330 e. The quantitative estimate of drug-likeness (QED) is 0.364. The van der Waals surface area contributed by atoms with Gasteiger partial charge in [-0.2, -0.15) is 5.10 Å². The van der Waals surface area contributed by atoms with Crippen LogP contribution < -0.4 is 11.3 Å². The van der Waals surface area contributed by atoms with Crippen molar-refractivity contribution in [1.29, 1.82) is 0 Å². The highest BCUT2D eigenvalue weighted by Gasteiger charge is 2.16. The molecule has 0 radical (unpaired) electrons. The first-order valence-electron chi connectivity index (χ1n) is 10.2. The molecule has 0 spiro atoms. The van der Waals surface area contributed by atoms with Crippen molar-refractivity contribution in [3.63, 3.8) is 0 Å². The van der Waals surface area contributed by atoms with Crippen LogP contribution in [0.2, 0.25) is 0 Å². The van der Waals surface area contributed by atoms with Crippen LogP contribution in [0.1, 0.15) is 12.0 Å². The summed E-state index contributed by atoms with van der Waals surface area (Å²) in [4.78, 5) is 15.8. The van der Waals surface area contributed by atoms with Gasteiger partial charge in [-0.15, -0.1) is 0 Å². The Hall–Kier alpha value is -3.77. The molecule has 0 aliphatic heterocycles. The van der Waals surface area contributed by atoms with E-state index in [9.17, 15) is 9.18 Å². The molecule has 6 heteroatoms. The molecule has 31 heavy (non-hydrogen) atoms. The molecule has 0 saturated heterocycles. The van der Waals surface area contributed by atoms with Crippen molar-refractivity contribution in [2.24, 2.45) is 5.73 Å². The first-order valence-corrected chi connectivity index (χ1v) is 10.2. The number of hydrogen-bond donors (Lipinski definition) is 3. The third-order valence-corrected chi connectivity index (χ3v) is 5.73. The molecule has 0 saturated carbocycles. The van der Waals surface area contributed by atoms with Gasteiger partial charge in [0.05, 0.1) is 11.6 Å². The van der Waals surface area contributed by atoms with Gasteiger partial charge in [-0.1, -0.05) is 30.3 Å². The number of nitrogens with two attached hydrogens (primary N) is 1. The summed E-state index contributed by atoms with van der Waals surface area (Å²) in [5.74, 6) is -0.327. The molecule has 0 unspecified atom stereocenters. The number of nitrogens with one attached hydrogen (secondary N) is 2. The zero-order chi connectivity index (χ0) is 21.4. The number of halogens is 1. The summed E-state index contributed by atoms with van der Waals surface area (Å²) in [5.41, 5.74) is 9.67. The average Bonchev–Trinajstić information content (AvgIpc) is 3.33. The highest BCUT2D eigenvalue weighted by molar-refractivity contribution is 6.13. The molecule has 0 aliphatic carbocycles. The minimum absolute atomic E-state index is 0.199. The second-order valence-corrected chi connectivity index (χ2v) is 7.61. The number of aromatic amines is 2. The lowest BCUT2D eigenvalue weighted by Gasteiger charge is -2.14. The van der Waals surface area contributed by atoms with Gasteiger partial charge < -0.3 is 10.7 Å². The van der Waals surface area contributed by atoms with E-state index in [1.54, 1.807) is 30.6 Å². The number of hydrogen-bond acceptors (Lipinski definition) is 3. The molecule has 2 heterocycles. The van der Waals surface area contributed by atoms with Crippen LogP contribution in [0, 0.1) is 5.82 Å². The van der Waals surface area contributed by atoms with Gasteiger partial charge in [-0.05, 0) is 64.9 Å². The molecule has 0 amide bonds. The third kappa shape index (κ3) is 3.31. The lowest BCUT2D eigenvalue weighted by atomic mass is 9.90. The maximum absolute atomic E-state index is 14.7. The summed E-state index contributed by atoms with van der Waals surface area (Å²) in [6.07, 6.45) is 6.76. The SMILES string of the molecule is NCCCc1cc2c(-c3ccccc3F)c[nH]c(=O)c2c2cc(-c3cn[nH]c3)ccc12. The van der Waals surface area contributed by atoms with E-state index in [1.807, 2.05) is 30.5 Å². The summed E-state index contributed by atoms with van der Waals surface area (Å²) in [6, 6.07) is 14.7. The fourth-order valence-electron chi connectivity index (χ4n) is 4.24. The van der Waals surface area contributed by atoms with Crippen LogP contribution in [0.3, 0.4) is 0 Å². The highest BCUT2D eigenvalue weighted by atomic mass is 19.1. The molecule has 5 aromatic rings. The van der Waals surface area contributed by atoms with Crippen molar-refractivity contribution in [2.45, 2.75) is 12.8 Å². The number of H-pyrrole nitrogens is 2. The van der Waals surface area contributed by atoms with Gasteiger partial charge in [-0.25, -0.2) is 4.39 Å². The van der Waals surface area contributed by atoms with Crippen LogP contribution in [-0.4, -0.2) is 21.7 Å². The number of rotatable bonds is 5. The molecular formula is C25H21FN4O. The van der Waals surface area contributed by atoms with E-state index in [0.29, 0.717) is 23.1 Å². The predicted octanol–water partition coefficient (Wildman–Crippen LogP) is 4.77. The fraction of sp³-hybridized carbons (Fsp3) is 0.120. The third-order valence-electron chi connectivity index (χ3n) is 5.73. The fourth-order valence-corrected chi connectivity index (χ4v) is 4.24. The van der Waals surface area contributed by atoms with Crippen molar-refractivity contribution in [1.82, 2.24) is 15.2 Å². The monoisotopic (exact) mass is 412 g/mol. The van der Waals surface area contributed by atoms with E-state index in [0.717, 1.165) is 45.7 Å². The van der Waals surface area contributed by atoms with Gasteiger partial charge in [-0.3, -0.25) is 9.89 Å². The smallest absolute Gasteiger partial charge is 0.256 e. The molecule has 0 bridgehead atoms. The van der Waals surface area contributed by atoms with Crippen molar-refractivity contribution in [3.05, 3.63) is 88.9 Å². The molecule has 5 rings (SSSR count). The Morgan fingerprint density at radius 3 is 2.58 bits per heavy atom. The standard InChI is InChI=1S/C25H21FN4O/c26-23-6-2-1-5-19(23)22-14-28-25(31)24-20-10-15(17-12-29-30-13-17)7-8-18(20)16(4-3-9-27)11-21(22)24/h1-2,5-8,10-14H,3-4,9,27H2,(H,28,31)(H,29,30). The Kier molecular flexibility index (Phi) is 4.84. The molecule has 154 valence electrons. The predicted molar refractivity (Wildman–Crippen MR) is 122 cm³/mol. The summed E-state index contributed by atoms with van der Waals surface area (Å²) in [5, 5.41) is 9.99. The first-order chi connectivity index (χ1) is 15.2. The minimum atomic E-state index is -0.327. The molecule has 2 aromatic heterocycles. The van der Waals surface area contributed by atoms with Gasteiger partial charge in [0.15, 0.2) is 0 Å². The number of aryl methyl sites for hydroxylation is 1. The van der Waals surface area contributed by atoms with Crippen LogP contribution in [-0.2, 0) is 6.42 Å². The lowest BCUT2D eigenvalue weighted by Crippen LogP contribution is -2.08. The van der Waals surface area contributed by atoms with Crippen LogP contribution in [0.5, 0.6) is 0 Å². The molecule has 0 fully saturated rings. The maximum Gasteiger partial charge on any atom is 0.256 e. The Balaban J connectivity index is 1.89. The van der Waals surface area contributed by atoms with E-state index >= 15 is 0 Å². The number of fused-ring (bicyclic) bond motifs is 3. The van der Waals surface area contributed by atoms with Gasteiger partial charge in [0.2, 0.25) is 0 Å². The number of nitrogens with zero attached hydrogens (tertiary/aromatic N) is 1. The second kappa shape index (κ2) is 7.81. The van der Waals surface area contributed by atoms with Crippen molar-refractivity contribution in [3.8, 4) is 22.3 Å². The van der Waals surface area contributed by atoms with Gasteiger partial charge >= 0.3 is 0 Å². The van der Waals surface area contributed by atoms with Gasteiger partial charge in [0.1, 0.15) is 5.82 Å². The van der Waals surface area contributed by atoms with Crippen LogP contribution in [0.4, 0.5) is 4.39 Å². The number of pyridine rings is 1. The number of aromatic nitrogens is 3. The Morgan fingerprint density at radius 1 is 0.935 bits per heavy atom. The Morgan fingerprint density at radius 2 is 1.81 bits per heavy atom. The van der Waals surface area contributed by atoms with Crippen LogP contribution >= 0.6 is 0 Å². The second-order valence-electron chi connectivity index (χ2n) is 7.61.